The number of hydrogen-bond acceptors (Lipinski definition) is 3. The molecule has 0 unspecified atom stereocenters. The molecule has 0 aromatic carbocycles. The molecule has 2 rings (SSSR count). The third kappa shape index (κ3) is 1.03. The maximum atomic E-state index is 11.1. The fourth-order valence-corrected chi connectivity index (χ4v) is 2.16. The van der Waals surface area contributed by atoms with Gasteiger partial charge >= 0.3 is 0 Å². The minimum absolute atomic E-state index is 0.0202. The Labute approximate surface area is 74.8 Å². The van der Waals surface area contributed by atoms with Gasteiger partial charge < -0.3 is 5.32 Å². The van der Waals surface area contributed by atoms with Gasteiger partial charge in [-0.05, 0) is 0 Å². The van der Waals surface area contributed by atoms with Crippen LogP contribution < -0.4 is 5.32 Å². The summed E-state index contributed by atoms with van der Waals surface area (Å²) in [6, 6.07) is 0. The van der Waals surface area contributed by atoms with Gasteiger partial charge in [-0.1, -0.05) is 13.8 Å². The van der Waals surface area contributed by atoms with Gasteiger partial charge in [-0.25, -0.2) is 4.98 Å². The Morgan fingerprint density at radius 3 is 2.92 bits per heavy atom. The van der Waals surface area contributed by atoms with Crippen molar-refractivity contribution in [1.29, 1.82) is 0 Å². The summed E-state index contributed by atoms with van der Waals surface area (Å²) in [5, 5.41) is 3.80. The van der Waals surface area contributed by atoms with Crippen molar-refractivity contribution < 1.29 is 4.79 Å². The SMILES string of the molecule is CC(C)c1nc2c(s1)CNC2=O. The van der Waals surface area contributed by atoms with E-state index in [1.54, 1.807) is 11.3 Å². The van der Waals surface area contributed by atoms with E-state index < -0.39 is 0 Å². The standard InChI is InChI=1S/C8H10N2OS/c1-4(2)8-10-6-5(12-8)3-9-7(6)11/h4H,3H2,1-2H3,(H,9,11). The molecule has 0 atom stereocenters. The highest BCUT2D eigenvalue weighted by atomic mass is 32.1. The summed E-state index contributed by atoms with van der Waals surface area (Å²) < 4.78 is 0. The first kappa shape index (κ1) is 7.73. The number of aromatic nitrogens is 1. The fourth-order valence-electron chi connectivity index (χ4n) is 1.16. The van der Waals surface area contributed by atoms with Gasteiger partial charge in [0.05, 0.1) is 16.4 Å². The van der Waals surface area contributed by atoms with Crippen LogP contribution in [0.25, 0.3) is 0 Å². The van der Waals surface area contributed by atoms with Crippen LogP contribution in [0.15, 0.2) is 0 Å². The Kier molecular flexibility index (Phi) is 1.65. The predicted molar refractivity (Wildman–Crippen MR) is 47.4 cm³/mol. The van der Waals surface area contributed by atoms with Crippen molar-refractivity contribution in [3.05, 3.63) is 15.6 Å². The van der Waals surface area contributed by atoms with Gasteiger partial charge in [-0.3, -0.25) is 4.79 Å². The van der Waals surface area contributed by atoms with E-state index in [-0.39, 0.29) is 5.91 Å². The van der Waals surface area contributed by atoms with Gasteiger partial charge in [0.1, 0.15) is 5.69 Å². The first-order chi connectivity index (χ1) is 5.68. The summed E-state index contributed by atoms with van der Waals surface area (Å²) >= 11 is 1.64. The van der Waals surface area contributed by atoms with Gasteiger partial charge in [-0.15, -0.1) is 11.3 Å². The van der Waals surface area contributed by atoms with Crippen molar-refractivity contribution in [2.45, 2.75) is 26.3 Å². The second-order valence-corrected chi connectivity index (χ2v) is 4.28. The van der Waals surface area contributed by atoms with Gasteiger partial charge in [0.15, 0.2) is 0 Å². The quantitative estimate of drug-likeness (QED) is 0.715. The lowest BCUT2D eigenvalue weighted by Crippen LogP contribution is -2.13. The number of nitrogens with one attached hydrogen (secondary N) is 1. The van der Waals surface area contributed by atoms with E-state index in [9.17, 15) is 4.79 Å². The van der Waals surface area contributed by atoms with Gasteiger partial charge in [0.2, 0.25) is 0 Å². The molecule has 1 aliphatic rings. The largest absolute Gasteiger partial charge is 0.346 e. The Morgan fingerprint density at radius 2 is 2.33 bits per heavy atom. The molecule has 0 aliphatic carbocycles. The molecule has 1 aromatic heterocycles. The molecular weight excluding hydrogens is 172 g/mol. The summed E-state index contributed by atoms with van der Waals surface area (Å²) in [6.45, 7) is 4.84. The summed E-state index contributed by atoms with van der Waals surface area (Å²) in [5.41, 5.74) is 0.642. The Balaban J connectivity index is 2.43. The second kappa shape index (κ2) is 2.55. The van der Waals surface area contributed by atoms with Crippen LogP contribution in [0.2, 0.25) is 0 Å². The van der Waals surface area contributed by atoms with Crippen molar-refractivity contribution in [1.82, 2.24) is 10.3 Å². The number of thiazole rings is 1. The number of rotatable bonds is 1. The van der Waals surface area contributed by atoms with E-state index in [4.69, 9.17) is 0 Å². The molecule has 0 spiro atoms. The summed E-state index contributed by atoms with van der Waals surface area (Å²) in [4.78, 5) is 16.5. The predicted octanol–water partition coefficient (Wildman–Crippen LogP) is 1.51. The molecule has 0 radical (unpaired) electrons. The summed E-state index contributed by atoms with van der Waals surface area (Å²) in [5.74, 6) is 0.404. The van der Waals surface area contributed by atoms with Crippen LogP contribution >= 0.6 is 11.3 Å². The molecule has 1 amide bonds. The van der Waals surface area contributed by atoms with Crippen LogP contribution in [0, 0.1) is 0 Å². The van der Waals surface area contributed by atoms with Crippen LogP contribution in [0.3, 0.4) is 0 Å². The van der Waals surface area contributed by atoms with E-state index in [0.29, 0.717) is 18.2 Å². The number of carbonyl (C=O) groups is 1. The molecule has 12 heavy (non-hydrogen) atoms. The molecule has 0 saturated carbocycles. The highest BCUT2D eigenvalue weighted by Crippen LogP contribution is 2.27. The molecule has 1 aliphatic heterocycles. The van der Waals surface area contributed by atoms with Crippen LogP contribution in [-0.4, -0.2) is 10.9 Å². The normalized spacial score (nSPS) is 15.1. The minimum atomic E-state index is -0.0202. The molecule has 1 N–H and O–H groups in total. The molecule has 0 saturated heterocycles. The first-order valence-electron chi connectivity index (χ1n) is 3.96. The molecule has 0 bridgehead atoms. The van der Waals surface area contributed by atoms with Crippen molar-refractivity contribution in [3.63, 3.8) is 0 Å². The van der Waals surface area contributed by atoms with Gasteiger partial charge in [0.25, 0.3) is 5.91 Å². The zero-order chi connectivity index (χ0) is 8.72. The van der Waals surface area contributed by atoms with E-state index in [1.165, 1.54) is 0 Å². The third-order valence-corrected chi connectivity index (χ3v) is 3.19. The number of amides is 1. The number of nitrogens with zero attached hydrogens (tertiary/aromatic N) is 1. The Morgan fingerprint density at radius 1 is 1.58 bits per heavy atom. The maximum absolute atomic E-state index is 11.1. The monoisotopic (exact) mass is 182 g/mol. The van der Waals surface area contributed by atoms with E-state index >= 15 is 0 Å². The zero-order valence-electron chi connectivity index (χ0n) is 7.05. The smallest absolute Gasteiger partial charge is 0.271 e. The maximum Gasteiger partial charge on any atom is 0.271 e. The van der Waals surface area contributed by atoms with Gasteiger partial charge in [0, 0.05) is 5.92 Å². The minimum Gasteiger partial charge on any atom is -0.346 e. The van der Waals surface area contributed by atoms with Gasteiger partial charge in [-0.2, -0.15) is 0 Å². The Hall–Kier alpha value is -0.900. The highest BCUT2D eigenvalue weighted by molar-refractivity contribution is 7.12. The molecule has 1 aromatic rings. The van der Waals surface area contributed by atoms with Crippen LogP contribution in [-0.2, 0) is 6.54 Å². The number of carbonyl (C=O) groups excluding carboxylic acids is 1. The van der Waals surface area contributed by atoms with E-state index in [0.717, 1.165) is 9.88 Å². The third-order valence-electron chi connectivity index (χ3n) is 1.83. The zero-order valence-corrected chi connectivity index (χ0v) is 7.86. The fraction of sp³-hybridized carbons (Fsp3) is 0.500. The van der Waals surface area contributed by atoms with Crippen molar-refractivity contribution >= 4 is 17.2 Å². The highest BCUT2D eigenvalue weighted by Gasteiger charge is 2.24. The molecule has 3 nitrogen and oxygen atoms in total. The average molecular weight is 182 g/mol. The van der Waals surface area contributed by atoms with Crippen molar-refractivity contribution in [2.75, 3.05) is 0 Å². The number of hydrogen-bond donors (Lipinski definition) is 1. The van der Waals surface area contributed by atoms with Crippen molar-refractivity contribution in [2.24, 2.45) is 0 Å². The topological polar surface area (TPSA) is 42.0 Å². The second-order valence-electron chi connectivity index (χ2n) is 3.16. The lowest BCUT2D eigenvalue weighted by Gasteiger charge is -1.97. The van der Waals surface area contributed by atoms with E-state index in [1.807, 2.05) is 0 Å². The van der Waals surface area contributed by atoms with E-state index in [2.05, 4.69) is 24.1 Å². The average Bonchev–Trinajstić information content (AvgIpc) is 2.53. The summed E-state index contributed by atoms with van der Waals surface area (Å²) in [6.07, 6.45) is 0. The number of fused-ring (bicyclic) bond motifs is 1. The lowest BCUT2D eigenvalue weighted by molar-refractivity contribution is 0.0961. The molecule has 2 heterocycles. The Bertz CT molecular complexity index is 330. The van der Waals surface area contributed by atoms with Crippen LogP contribution in [0.4, 0.5) is 0 Å². The lowest BCUT2D eigenvalue weighted by atomic mass is 10.2. The molecular formula is C8H10N2OS. The van der Waals surface area contributed by atoms with Crippen LogP contribution in [0.5, 0.6) is 0 Å². The molecule has 4 heteroatoms. The van der Waals surface area contributed by atoms with Crippen molar-refractivity contribution in [3.8, 4) is 0 Å². The molecule has 64 valence electrons. The first-order valence-corrected chi connectivity index (χ1v) is 4.78. The molecule has 0 fully saturated rings. The summed E-state index contributed by atoms with van der Waals surface area (Å²) in [7, 11) is 0. The van der Waals surface area contributed by atoms with Crippen LogP contribution in [0.1, 0.15) is 40.1 Å².